The monoisotopic (exact) mass is 498 g/mol. The molecule has 7 nitrogen and oxygen atoms in total. The van der Waals surface area contributed by atoms with E-state index in [0.29, 0.717) is 36.8 Å². The van der Waals surface area contributed by atoms with Crippen LogP contribution >= 0.6 is 15.9 Å². The third kappa shape index (κ3) is 7.21. The largest absolute Gasteiger partial charge is 0.493 e. The SMILES string of the molecule is COc1ccccc1OCCNC(=O)CCCN(c1ccc(Br)c(C)c1)S(C)(=O)=O. The van der Waals surface area contributed by atoms with Gasteiger partial charge in [0, 0.05) is 17.4 Å². The maximum absolute atomic E-state index is 12.2. The van der Waals surface area contributed by atoms with Crippen LogP contribution in [0.2, 0.25) is 0 Å². The van der Waals surface area contributed by atoms with Gasteiger partial charge in [-0.05, 0) is 49.2 Å². The van der Waals surface area contributed by atoms with E-state index in [1.807, 2.05) is 25.1 Å². The Hall–Kier alpha value is -2.26. The van der Waals surface area contributed by atoms with Gasteiger partial charge in [0.25, 0.3) is 0 Å². The molecule has 0 unspecified atom stereocenters. The number of rotatable bonds is 11. The summed E-state index contributed by atoms with van der Waals surface area (Å²) < 4.78 is 37.4. The fourth-order valence-corrected chi connectivity index (χ4v) is 4.04. The second-order valence-electron chi connectivity index (χ2n) is 6.72. The molecule has 0 radical (unpaired) electrons. The molecular weight excluding hydrogens is 472 g/mol. The Morgan fingerprint density at radius 2 is 1.87 bits per heavy atom. The van der Waals surface area contributed by atoms with Gasteiger partial charge in [0.05, 0.1) is 25.6 Å². The molecular formula is C21H27BrN2O5S. The van der Waals surface area contributed by atoms with Gasteiger partial charge in [-0.15, -0.1) is 0 Å². The van der Waals surface area contributed by atoms with E-state index < -0.39 is 10.0 Å². The number of carbonyl (C=O) groups excluding carboxylic acids is 1. The molecule has 0 aliphatic rings. The number of anilines is 1. The number of carbonyl (C=O) groups is 1. The molecule has 0 saturated heterocycles. The zero-order valence-corrected chi connectivity index (χ0v) is 19.8. The Labute approximate surface area is 186 Å². The lowest BCUT2D eigenvalue weighted by atomic mass is 10.2. The van der Waals surface area contributed by atoms with Crippen LogP contribution in [0.15, 0.2) is 46.9 Å². The molecule has 2 aromatic rings. The molecule has 0 saturated carbocycles. The van der Waals surface area contributed by atoms with Crippen molar-refractivity contribution in [3.05, 3.63) is 52.5 Å². The Bertz CT molecular complexity index is 966. The first-order valence-corrected chi connectivity index (χ1v) is 12.1. The number of halogens is 1. The van der Waals surface area contributed by atoms with Gasteiger partial charge >= 0.3 is 0 Å². The van der Waals surface area contributed by atoms with Gasteiger partial charge in [0.2, 0.25) is 15.9 Å². The van der Waals surface area contributed by atoms with Crippen LogP contribution in [-0.4, -0.2) is 47.4 Å². The average molecular weight is 499 g/mol. The molecule has 2 rings (SSSR count). The molecule has 164 valence electrons. The van der Waals surface area contributed by atoms with Crippen LogP contribution in [0.3, 0.4) is 0 Å². The maximum Gasteiger partial charge on any atom is 0.232 e. The predicted molar refractivity (Wildman–Crippen MR) is 122 cm³/mol. The van der Waals surface area contributed by atoms with Crippen LogP contribution in [0.5, 0.6) is 11.5 Å². The normalized spacial score (nSPS) is 11.1. The fourth-order valence-electron chi connectivity index (χ4n) is 2.83. The van der Waals surface area contributed by atoms with Gasteiger partial charge in [-0.25, -0.2) is 8.42 Å². The van der Waals surface area contributed by atoms with Crippen LogP contribution in [0.1, 0.15) is 18.4 Å². The van der Waals surface area contributed by atoms with Crippen LogP contribution in [0, 0.1) is 6.92 Å². The van der Waals surface area contributed by atoms with Gasteiger partial charge in [0.1, 0.15) is 6.61 Å². The van der Waals surface area contributed by atoms with Crippen molar-refractivity contribution in [1.29, 1.82) is 0 Å². The Morgan fingerprint density at radius 1 is 1.17 bits per heavy atom. The van der Waals surface area contributed by atoms with Crippen molar-refractivity contribution < 1.29 is 22.7 Å². The number of sulfonamides is 1. The average Bonchev–Trinajstić information content (AvgIpc) is 2.70. The standard InChI is InChI=1S/C21H27BrN2O5S/c1-16-15-17(10-11-18(16)22)24(30(3,26)27)13-6-9-21(25)23-12-14-29-20-8-5-4-7-19(20)28-2/h4-5,7-8,10-11,15H,6,9,12-14H2,1-3H3,(H,23,25). The summed E-state index contributed by atoms with van der Waals surface area (Å²) in [5.74, 6) is 1.09. The van der Waals surface area contributed by atoms with Crippen molar-refractivity contribution in [2.24, 2.45) is 0 Å². The van der Waals surface area contributed by atoms with Crippen molar-refractivity contribution in [3.63, 3.8) is 0 Å². The quantitative estimate of drug-likeness (QED) is 0.479. The molecule has 2 aromatic carbocycles. The summed E-state index contributed by atoms with van der Waals surface area (Å²) in [6, 6.07) is 12.7. The molecule has 0 atom stereocenters. The molecule has 0 aromatic heterocycles. The number of ether oxygens (including phenoxy) is 2. The summed E-state index contributed by atoms with van der Waals surface area (Å²) in [5, 5.41) is 2.78. The van der Waals surface area contributed by atoms with Crippen molar-refractivity contribution in [2.45, 2.75) is 19.8 Å². The van der Waals surface area contributed by atoms with Crippen LogP contribution in [0.4, 0.5) is 5.69 Å². The van der Waals surface area contributed by atoms with Gasteiger partial charge in [-0.3, -0.25) is 9.10 Å². The zero-order chi connectivity index (χ0) is 22.1. The van der Waals surface area contributed by atoms with E-state index in [0.717, 1.165) is 10.0 Å². The van der Waals surface area contributed by atoms with Crippen molar-refractivity contribution in [3.8, 4) is 11.5 Å². The minimum atomic E-state index is -3.45. The van der Waals surface area contributed by atoms with Gasteiger partial charge in [-0.2, -0.15) is 0 Å². The van der Waals surface area contributed by atoms with E-state index in [-0.39, 0.29) is 18.9 Å². The van der Waals surface area contributed by atoms with Crippen molar-refractivity contribution in [2.75, 3.05) is 37.4 Å². The lowest BCUT2D eigenvalue weighted by Crippen LogP contribution is -2.33. The minimum absolute atomic E-state index is 0.154. The first-order chi connectivity index (χ1) is 14.2. The Morgan fingerprint density at radius 3 is 2.50 bits per heavy atom. The molecule has 0 heterocycles. The number of hydrogen-bond donors (Lipinski definition) is 1. The highest BCUT2D eigenvalue weighted by molar-refractivity contribution is 9.10. The molecule has 0 aliphatic carbocycles. The summed E-state index contributed by atoms with van der Waals surface area (Å²) in [5.41, 5.74) is 1.53. The van der Waals surface area contributed by atoms with E-state index in [1.54, 1.807) is 31.4 Å². The lowest BCUT2D eigenvalue weighted by molar-refractivity contribution is -0.121. The zero-order valence-electron chi connectivity index (χ0n) is 17.4. The van der Waals surface area contributed by atoms with E-state index >= 15 is 0 Å². The third-order valence-electron chi connectivity index (χ3n) is 4.35. The van der Waals surface area contributed by atoms with Crippen molar-refractivity contribution in [1.82, 2.24) is 5.32 Å². The lowest BCUT2D eigenvalue weighted by Gasteiger charge is -2.23. The third-order valence-corrected chi connectivity index (χ3v) is 6.43. The molecule has 1 amide bonds. The number of hydrogen-bond acceptors (Lipinski definition) is 5. The maximum atomic E-state index is 12.2. The number of aryl methyl sites for hydroxylation is 1. The summed E-state index contributed by atoms with van der Waals surface area (Å²) >= 11 is 3.42. The number of methoxy groups -OCH3 is 1. The molecule has 0 fully saturated rings. The summed E-state index contributed by atoms with van der Waals surface area (Å²) in [6.07, 6.45) is 1.79. The summed E-state index contributed by atoms with van der Waals surface area (Å²) in [6.45, 7) is 2.78. The molecule has 0 aliphatic heterocycles. The number of amides is 1. The number of benzene rings is 2. The predicted octanol–water partition coefficient (Wildman–Crippen LogP) is 3.51. The molecule has 30 heavy (non-hydrogen) atoms. The first kappa shape index (κ1) is 24.0. The molecule has 0 spiro atoms. The number of nitrogens with one attached hydrogen (secondary N) is 1. The Balaban J connectivity index is 1.79. The van der Waals surface area contributed by atoms with Crippen LogP contribution in [0.25, 0.3) is 0 Å². The van der Waals surface area contributed by atoms with Crippen molar-refractivity contribution >= 4 is 37.5 Å². The highest BCUT2D eigenvalue weighted by Crippen LogP contribution is 2.26. The minimum Gasteiger partial charge on any atom is -0.493 e. The smallest absolute Gasteiger partial charge is 0.232 e. The molecule has 1 N–H and O–H groups in total. The van der Waals surface area contributed by atoms with E-state index in [9.17, 15) is 13.2 Å². The van der Waals surface area contributed by atoms with Gasteiger partial charge < -0.3 is 14.8 Å². The van der Waals surface area contributed by atoms with E-state index in [4.69, 9.17) is 9.47 Å². The molecule has 9 heteroatoms. The second kappa shape index (κ2) is 11.2. The van der Waals surface area contributed by atoms with Gasteiger partial charge in [0.15, 0.2) is 11.5 Å². The Kier molecular flexibility index (Phi) is 8.98. The van der Waals surface area contributed by atoms with Crippen LogP contribution in [-0.2, 0) is 14.8 Å². The summed E-state index contributed by atoms with van der Waals surface area (Å²) in [4.78, 5) is 12.1. The highest BCUT2D eigenvalue weighted by Gasteiger charge is 2.18. The topological polar surface area (TPSA) is 84.9 Å². The van der Waals surface area contributed by atoms with E-state index in [2.05, 4.69) is 21.2 Å². The first-order valence-electron chi connectivity index (χ1n) is 9.48. The number of para-hydroxylation sites is 2. The van der Waals surface area contributed by atoms with Crippen LogP contribution < -0.4 is 19.1 Å². The summed E-state index contributed by atoms with van der Waals surface area (Å²) in [7, 11) is -1.88. The second-order valence-corrected chi connectivity index (χ2v) is 9.48. The van der Waals surface area contributed by atoms with Gasteiger partial charge in [-0.1, -0.05) is 28.1 Å². The highest BCUT2D eigenvalue weighted by atomic mass is 79.9. The molecule has 0 bridgehead atoms. The number of nitrogens with zero attached hydrogens (tertiary/aromatic N) is 1. The fraction of sp³-hybridized carbons (Fsp3) is 0.381. The van der Waals surface area contributed by atoms with E-state index in [1.165, 1.54) is 10.6 Å².